The third-order valence-electron chi connectivity index (χ3n) is 2.82. The fourth-order valence-corrected chi connectivity index (χ4v) is 1.72. The highest BCUT2D eigenvalue weighted by Crippen LogP contribution is 2.13. The lowest BCUT2D eigenvalue weighted by molar-refractivity contribution is 0.0961. The zero-order chi connectivity index (χ0) is 15.2. The predicted molar refractivity (Wildman–Crippen MR) is 78.6 cm³/mol. The van der Waals surface area contributed by atoms with Crippen LogP contribution in [0.15, 0.2) is 42.6 Å². The predicted octanol–water partition coefficient (Wildman–Crippen LogP) is 1.70. The minimum atomic E-state index is -0.306. The van der Waals surface area contributed by atoms with Crippen molar-refractivity contribution >= 4 is 17.5 Å². The third-order valence-corrected chi connectivity index (χ3v) is 2.82. The van der Waals surface area contributed by atoms with E-state index in [1.807, 2.05) is 0 Å². The van der Waals surface area contributed by atoms with Gasteiger partial charge in [0.1, 0.15) is 0 Å². The Morgan fingerprint density at radius 2 is 1.90 bits per heavy atom. The SMILES string of the molecule is CNC(=O)c1cccc(NC(=O)c2ccc(OC)nc2)c1. The fraction of sp³-hybridized carbons (Fsp3) is 0.133. The molecule has 2 rings (SSSR count). The first kappa shape index (κ1) is 14.5. The van der Waals surface area contributed by atoms with Gasteiger partial charge < -0.3 is 15.4 Å². The summed E-state index contributed by atoms with van der Waals surface area (Å²) in [7, 11) is 3.06. The highest BCUT2D eigenvalue weighted by molar-refractivity contribution is 6.05. The molecule has 0 aliphatic heterocycles. The summed E-state index contributed by atoms with van der Waals surface area (Å²) < 4.78 is 4.93. The average Bonchev–Trinajstić information content (AvgIpc) is 2.54. The van der Waals surface area contributed by atoms with E-state index in [0.717, 1.165) is 0 Å². The molecule has 2 aromatic rings. The number of anilines is 1. The zero-order valence-corrected chi connectivity index (χ0v) is 11.7. The summed E-state index contributed by atoms with van der Waals surface area (Å²) in [6.07, 6.45) is 1.43. The molecular formula is C15H15N3O3. The number of aromatic nitrogens is 1. The van der Waals surface area contributed by atoms with Crippen molar-refractivity contribution in [3.63, 3.8) is 0 Å². The molecule has 1 heterocycles. The van der Waals surface area contributed by atoms with Crippen LogP contribution in [0.4, 0.5) is 5.69 Å². The minimum absolute atomic E-state index is 0.211. The van der Waals surface area contributed by atoms with Gasteiger partial charge >= 0.3 is 0 Å². The van der Waals surface area contributed by atoms with Crippen molar-refractivity contribution in [1.29, 1.82) is 0 Å². The first-order valence-electron chi connectivity index (χ1n) is 6.27. The average molecular weight is 285 g/mol. The Balaban J connectivity index is 2.13. The summed E-state index contributed by atoms with van der Waals surface area (Å²) in [5, 5.41) is 5.25. The smallest absolute Gasteiger partial charge is 0.257 e. The van der Waals surface area contributed by atoms with Gasteiger partial charge in [-0.05, 0) is 24.3 Å². The Bertz CT molecular complexity index is 653. The summed E-state index contributed by atoms with van der Waals surface area (Å²) >= 11 is 0. The number of benzene rings is 1. The molecule has 0 aliphatic carbocycles. The van der Waals surface area contributed by atoms with E-state index in [-0.39, 0.29) is 11.8 Å². The number of hydrogen-bond donors (Lipinski definition) is 2. The van der Waals surface area contributed by atoms with Gasteiger partial charge in [0.15, 0.2) is 0 Å². The molecule has 6 heteroatoms. The molecular weight excluding hydrogens is 270 g/mol. The van der Waals surface area contributed by atoms with E-state index in [1.165, 1.54) is 13.3 Å². The molecule has 0 radical (unpaired) electrons. The lowest BCUT2D eigenvalue weighted by Gasteiger charge is -2.07. The molecule has 2 amide bonds. The second-order valence-electron chi connectivity index (χ2n) is 4.20. The molecule has 0 spiro atoms. The van der Waals surface area contributed by atoms with Gasteiger partial charge in [-0.3, -0.25) is 9.59 Å². The van der Waals surface area contributed by atoms with Gasteiger partial charge in [0.25, 0.3) is 11.8 Å². The number of nitrogens with zero attached hydrogens (tertiary/aromatic N) is 1. The maximum absolute atomic E-state index is 12.1. The van der Waals surface area contributed by atoms with Crippen molar-refractivity contribution < 1.29 is 14.3 Å². The number of ether oxygens (including phenoxy) is 1. The molecule has 0 bridgehead atoms. The van der Waals surface area contributed by atoms with E-state index in [0.29, 0.717) is 22.7 Å². The van der Waals surface area contributed by atoms with Gasteiger partial charge in [0.2, 0.25) is 5.88 Å². The molecule has 21 heavy (non-hydrogen) atoms. The second-order valence-corrected chi connectivity index (χ2v) is 4.20. The van der Waals surface area contributed by atoms with E-state index < -0.39 is 0 Å². The van der Waals surface area contributed by atoms with Crippen LogP contribution in [0.1, 0.15) is 20.7 Å². The molecule has 0 saturated heterocycles. The standard InChI is InChI=1S/C15H15N3O3/c1-16-14(19)10-4-3-5-12(8-10)18-15(20)11-6-7-13(21-2)17-9-11/h3-9H,1-2H3,(H,16,19)(H,18,20). The fourth-order valence-electron chi connectivity index (χ4n) is 1.72. The third kappa shape index (κ3) is 3.56. The quantitative estimate of drug-likeness (QED) is 0.896. The molecule has 1 aromatic heterocycles. The lowest BCUT2D eigenvalue weighted by Crippen LogP contribution is -2.18. The maximum Gasteiger partial charge on any atom is 0.257 e. The Morgan fingerprint density at radius 1 is 1.10 bits per heavy atom. The first-order valence-corrected chi connectivity index (χ1v) is 6.27. The number of rotatable bonds is 4. The number of pyridine rings is 1. The summed E-state index contributed by atoms with van der Waals surface area (Å²) in [5.74, 6) is -0.0791. The van der Waals surface area contributed by atoms with Crippen LogP contribution in [0.25, 0.3) is 0 Å². The van der Waals surface area contributed by atoms with Crippen LogP contribution in [0.2, 0.25) is 0 Å². The molecule has 0 fully saturated rings. The maximum atomic E-state index is 12.1. The van der Waals surface area contributed by atoms with E-state index >= 15 is 0 Å². The number of carbonyl (C=O) groups excluding carboxylic acids is 2. The van der Waals surface area contributed by atoms with Crippen molar-refractivity contribution in [1.82, 2.24) is 10.3 Å². The van der Waals surface area contributed by atoms with Gasteiger partial charge in [-0.25, -0.2) is 4.98 Å². The molecule has 6 nitrogen and oxygen atoms in total. The number of hydrogen-bond acceptors (Lipinski definition) is 4. The van der Waals surface area contributed by atoms with Crippen LogP contribution in [0.3, 0.4) is 0 Å². The van der Waals surface area contributed by atoms with Crippen LogP contribution >= 0.6 is 0 Å². The van der Waals surface area contributed by atoms with Gasteiger partial charge in [-0.1, -0.05) is 6.07 Å². The molecule has 0 unspecified atom stereocenters. The van der Waals surface area contributed by atoms with E-state index in [2.05, 4.69) is 15.6 Å². The second kappa shape index (κ2) is 6.51. The van der Waals surface area contributed by atoms with Crippen molar-refractivity contribution in [3.05, 3.63) is 53.7 Å². The van der Waals surface area contributed by atoms with Crippen molar-refractivity contribution in [2.75, 3.05) is 19.5 Å². The Morgan fingerprint density at radius 3 is 2.52 bits per heavy atom. The minimum Gasteiger partial charge on any atom is -0.481 e. The van der Waals surface area contributed by atoms with E-state index in [1.54, 1.807) is 43.4 Å². The molecule has 0 saturated carbocycles. The molecule has 108 valence electrons. The highest BCUT2D eigenvalue weighted by Gasteiger charge is 2.09. The number of nitrogens with one attached hydrogen (secondary N) is 2. The Kier molecular flexibility index (Phi) is 4.50. The van der Waals surface area contributed by atoms with E-state index in [4.69, 9.17) is 4.74 Å². The summed E-state index contributed by atoms with van der Waals surface area (Å²) in [4.78, 5) is 27.6. The normalized spacial score (nSPS) is 9.81. The monoisotopic (exact) mass is 285 g/mol. The van der Waals surface area contributed by atoms with E-state index in [9.17, 15) is 9.59 Å². The first-order chi connectivity index (χ1) is 10.1. The van der Waals surface area contributed by atoms with Crippen molar-refractivity contribution in [3.8, 4) is 5.88 Å². The van der Waals surface area contributed by atoms with Crippen LogP contribution in [-0.2, 0) is 0 Å². The molecule has 2 N–H and O–H groups in total. The highest BCUT2D eigenvalue weighted by atomic mass is 16.5. The van der Waals surface area contributed by atoms with Gasteiger partial charge in [-0.15, -0.1) is 0 Å². The molecule has 0 aliphatic rings. The van der Waals surface area contributed by atoms with Crippen LogP contribution in [0, 0.1) is 0 Å². The Hall–Kier alpha value is -2.89. The lowest BCUT2D eigenvalue weighted by atomic mass is 10.2. The van der Waals surface area contributed by atoms with Crippen LogP contribution in [0.5, 0.6) is 5.88 Å². The van der Waals surface area contributed by atoms with Crippen molar-refractivity contribution in [2.24, 2.45) is 0 Å². The van der Waals surface area contributed by atoms with Crippen molar-refractivity contribution in [2.45, 2.75) is 0 Å². The molecule has 1 aromatic carbocycles. The topological polar surface area (TPSA) is 80.3 Å². The summed E-state index contributed by atoms with van der Waals surface area (Å²) in [5.41, 5.74) is 1.42. The largest absolute Gasteiger partial charge is 0.481 e. The Labute approximate surface area is 122 Å². The summed E-state index contributed by atoms with van der Waals surface area (Å²) in [6.45, 7) is 0. The van der Waals surface area contributed by atoms with Gasteiger partial charge in [0.05, 0.1) is 12.7 Å². The summed E-state index contributed by atoms with van der Waals surface area (Å²) in [6, 6.07) is 9.91. The van der Waals surface area contributed by atoms with Crippen LogP contribution in [-0.4, -0.2) is 31.0 Å². The number of carbonyl (C=O) groups is 2. The number of amides is 2. The van der Waals surface area contributed by atoms with Gasteiger partial charge in [-0.2, -0.15) is 0 Å². The van der Waals surface area contributed by atoms with Crippen LogP contribution < -0.4 is 15.4 Å². The zero-order valence-electron chi connectivity index (χ0n) is 11.7. The van der Waals surface area contributed by atoms with Gasteiger partial charge in [0, 0.05) is 30.6 Å². The molecule has 0 atom stereocenters. The number of methoxy groups -OCH3 is 1.